The van der Waals surface area contributed by atoms with Gasteiger partial charge >= 0.3 is 11.9 Å². The first-order valence-electron chi connectivity index (χ1n) is 11.0. The van der Waals surface area contributed by atoms with Crippen LogP contribution in [0.5, 0.6) is 0 Å². The fourth-order valence-electron chi connectivity index (χ4n) is 4.22. The number of rotatable bonds is 8. The van der Waals surface area contributed by atoms with E-state index < -0.39 is 11.9 Å². The third-order valence-corrected chi connectivity index (χ3v) is 5.87. The maximum absolute atomic E-state index is 13.3. The van der Waals surface area contributed by atoms with Crippen molar-refractivity contribution < 1.29 is 23.8 Å². The molecule has 0 amide bonds. The molecule has 0 aliphatic carbocycles. The second kappa shape index (κ2) is 10.8. The first kappa shape index (κ1) is 24.1. The van der Waals surface area contributed by atoms with Crippen molar-refractivity contribution in [1.29, 1.82) is 0 Å². The van der Waals surface area contributed by atoms with Gasteiger partial charge in [0.15, 0.2) is 0 Å². The van der Waals surface area contributed by atoms with E-state index in [1.54, 1.807) is 7.11 Å². The van der Waals surface area contributed by atoms with Crippen molar-refractivity contribution in [3.63, 3.8) is 0 Å². The quantitative estimate of drug-likeness (QED) is 0.286. The van der Waals surface area contributed by atoms with Gasteiger partial charge in [0.1, 0.15) is 0 Å². The molecule has 3 aromatic carbocycles. The zero-order valence-corrected chi connectivity index (χ0v) is 19.9. The standard InChI is InChI=1S/C28H30O5/c1-6-7-15-20(18(2)31-3)24-22-17-12-11-16-21(22)23(19-13-9-8-10-14-19)25(27(29)32-4)26(24)28(30)33-5/h8-14,16-17H,6-7,15H2,1-5H3/b20-18+. The summed E-state index contributed by atoms with van der Waals surface area (Å²) in [5, 5.41) is 1.71. The smallest absolute Gasteiger partial charge is 0.339 e. The lowest BCUT2D eigenvalue weighted by molar-refractivity contribution is 0.0556. The molecule has 0 N–H and O–H groups in total. The molecule has 0 fully saturated rings. The Bertz CT molecular complexity index is 1190. The summed E-state index contributed by atoms with van der Waals surface area (Å²) in [7, 11) is 4.26. The van der Waals surface area contributed by atoms with E-state index in [2.05, 4.69) is 6.92 Å². The summed E-state index contributed by atoms with van der Waals surface area (Å²) in [6.07, 6.45) is 2.56. The Morgan fingerprint density at radius 3 is 1.88 bits per heavy atom. The van der Waals surface area contributed by atoms with Crippen LogP contribution in [0.4, 0.5) is 0 Å². The third kappa shape index (κ3) is 4.63. The number of hydrogen-bond acceptors (Lipinski definition) is 5. The van der Waals surface area contributed by atoms with Crippen LogP contribution in [0.15, 0.2) is 60.4 Å². The number of esters is 2. The summed E-state index contributed by atoms with van der Waals surface area (Å²) >= 11 is 0. The number of allylic oxidation sites excluding steroid dienone is 2. The fourth-order valence-corrected chi connectivity index (χ4v) is 4.22. The molecule has 0 saturated carbocycles. The Morgan fingerprint density at radius 2 is 1.30 bits per heavy atom. The van der Waals surface area contributed by atoms with Crippen LogP contribution in [0.2, 0.25) is 0 Å². The summed E-state index contributed by atoms with van der Waals surface area (Å²) in [5.41, 5.74) is 3.39. The first-order chi connectivity index (χ1) is 16.0. The van der Waals surface area contributed by atoms with E-state index in [0.717, 1.165) is 34.8 Å². The summed E-state index contributed by atoms with van der Waals surface area (Å²) in [6.45, 7) is 3.99. The highest BCUT2D eigenvalue weighted by atomic mass is 16.5. The van der Waals surface area contributed by atoms with Crippen molar-refractivity contribution >= 4 is 28.3 Å². The van der Waals surface area contributed by atoms with Crippen LogP contribution in [0.1, 0.15) is 59.4 Å². The SMILES string of the molecule is CCCC/C(=C(/C)OC)c1c(C(=O)OC)c(C(=O)OC)c(-c2ccccc2)c2ccccc12. The van der Waals surface area contributed by atoms with E-state index in [0.29, 0.717) is 23.3 Å². The molecule has 0 unspecified atom stereocenters. The maximum Gasteiger partial charge on any atom is 0.339 e. The Balaban J connectivity index is 2.63. The van der Waals surface area contributed by atoms with Gasteiger partial charge in [-0.3, -0.25) is 0 Å². The monoisotopic (exact) mass is 446 g/mol. The molecule has 0 saturated heterocycles. The van der Waals surface area contributed by atoms with Crippen LogP contribution in [0, 0.1) is 0 Å². The normalized spacial score (nSPS) is 11.7. The lowest BCUT2D eigenvalue weighted by atomic mass is 9.82. The van der Waals surface area contributed by atoms with Gasteiger partial charge in [0.05, 0.1) is 38.2 Å². The van der Waals surface area contributed by atoms with Gasteiger partial charge in [0.2, 0.25) is 0 Å². The molecule has 5 heteroatoms. The molecule has 0 aliphatic heterocycles. The molecule has 33 heavy (non-hydrogen) atoms. The highest BCUT2D eigenvalue weighted by Crippen LogP contribution is 2.42. The largest absolute Gasteiger partial charge is 0.501 e. The van der Waals surface area contributed by atoms with Crippen LogP contribution >= 0.6 is 0 Å². The summed E-state index contributed by atoms with van der Waals surface area (Å²) < 4.78 is 16.0. The van der Waals surface area contributed by atoms with Gasteiger partial charge in [-0.1, -0.05) is 67.9 Å². The Kier molecular flexibility index (Phi) is 7.88. The zero-order valence-electron chi connectivity index (χ0n) is 19.9. The predicted molar refractivity (Wildman–Crippen MR) is 131 cm³/mol. The van der Waals surface area contributed by atoms with Gasteiger partial charge < -0.3 is 14.2 Å². The minimum atomic E-state index is -0.592. The maximum atomic E-state index is 13.3. The molecule has 0 bridgehead atoms. The number of unbranched alkanes of at least 4 members (excludes halogenated alkanes) is 1. The molecule has 0 atom stereocenters. The number of carbonyl (C=O) groups excluding carboxylic acids is 2. The molecule has 0 spiro atoms. The van der Waals surface area contributed by atoms with Gasteiger partial charge in [-0.25, -0.2) is 9.59 Å². The van der Waals surface area contributed by atoms with E-state index in [4.69, 9.17) is 14.2 Å². The van der Waals surface area contributed by atoms with Crippen LogP contribution in [-0.4, -0.2) is 33.3 Å². The average molecular weight is 447 g/mol. The topological polar surface area (TPSA) is 61.8 Å². The summed E-state index contributed by atoms with van der Waals surface area (Å²) in [6, 6.07) is 17.3. The second-order valence-electron chi connectivity index (χ2n) is 7.74. The van der Waals surface area contributed by atoms with Gasteiger partial charge in [0.25, 0.3) is 0 Å². The van der Waals surface area contributed by atoms with Gasteiger partial charge in [-0.15, -0.1) is 0 Å². The fraction of sp³-hybridized carbons (Fsp3) is 0.286. The van der Waals surface area contributed by atoms with Crippen LogP contribution in [0.3, 0.4) is 0 Å². The van der Waals surface area contributed by atoms with Gasteiger partial charge in [-0.05, 0) is 41.7 Å². The van der Waals surface area contributed by atoms with Crippen molar-refractivity contribution in [3.05, 3.63) is 77.0 Å². The predicted octanol–water partition coefficient (Wildman–Crippen LogP) is 6.65. The van der Waals surface area contributed by atoms with Crippen molar-refractivity contribution in [2.45, 2.75) is 33.1 Å². The van der Waals surface area contributed by atoms with Gasteiger partial charge in [-0.2, -0.15) is 0 Å². The van der Waals surface area contributed by atoms with E-state index in [1.165, 1.54) is 14.2 Å². The van der Waals surface area contributed by atoms with Crippen LogP contribution < -0.4 is 0 Å². The lowest BCUT2D eigenvalue weighted by Gasteiger charge is -2.23. The molecule has 3 rings (SSSR count). The minimum absolute atomic E-state index is 0.196. The number of carbonyl (C=O) groups is 2. The molecular weight excluding hydrogens is 416 g/mol. The summed E-state index contributed by atoms with van der Waals surface area (Å²) in [4.78, 5) is 26.5. The Hall–Kier alpha value is -3.60. The number of benzene rings is 3. The second-order valence-corrected chi connectivity index (χ2v) is 7.74. The molecule has 0 radical (unpaired) electrons. The zero-order chi connectivity index (χ0) is 24.0. The molecule has 0 aliphatic rings. The number of methoxy groups -OCH3 is 3. The first-order valence-corrected chi connectivity index (χ1v) is 11.0. The van der Waals surface area contributed by atoms with E-state index in [1.807, 2.05) is 61.5 Å². The summed E-state index contributed by atoms with van der Waals surface area (Å²) in [5.74, 6) is -0.487. The van der Waals surface area contributed by atoms with Crippen molar-refractivity contribution in [1.82, 2.24) is 0 Å². The Labute approximate surface area is 195 Å². The average Bonchev–Trinajstić information content (AvgIpc) is 2.87. The lowest BCUT2D eigenvalue weighted by Crippen LogP contribution is -2.17. The van der Waals surface area contributed by atoms with Crippen molar-refractivity contribution in [3.8, 4) is 11.1 Å². The molecule has 172 valence electrons. The molecule has 3 aromatic rings. The molecule has 0 aromatic heterocycles. The van der Waals surface area contributed by atoms with Crippen molar-refractivity contribution in [2.24, 2.45) is 0 Å². The molecule has 0 heterocycles. The molecular formula is C28H30O5. The van der Waals surface area contributed by atoms with Crippen LogP contribution in [0.25, 0.3) is 27.5 Å². The number of hydrogen-bond donors (Lipinski definition) is 0. The van der Waals surface area contributed by atoms with Crippen LogP contribution in [-0.2, 0) is 14.2 Å². The van der Waals surface area contributed by atoms with E-state index in [-0.39, 0.29) is 11.1 Å². The number of ether oxygens (including phenoxy) is 3. The highest BCUT2D eigenvalue weighted by molar-refractivity contribution is 6.19. The Morgan fingerprint density at radius 1 is 0.727 bits per heavy atom. The van der Waals surface area contributed by atoms with E-state index >= 15 is 0 Å². The highest BCUT2D eigenvalue weighted by Gasteiger charge is 2.31. The third-order valence-electron chi connectivity index (χ3n) is 5.87. The van der Waals surface area contributed by atoms with Crippen molar-refractivity contribution in [2.75, 3.05) is 21.3 Å². The molecule has 5 nitrogen and oxygen atoms in total. The minimum Gasteiger partial charge on any atom is -0.501 e. The van der Waals surface area contributed by atoms with Gasteiger partial charge in [0, 0.05) is 11.1 Å². The van der Waals surface area contributed by atoms with E-state index in [9.17, 15) is 9.59 Å². The number of fused-ring (bicyclic) bond motifs is 1.